The molecule has 2 heterocycles. The van der Waals surface area contributed by atoms with Crippen LogP contribution in [-0.4, -0.2) is 78.7 Å². The molecule has 5 rings (SSSR count). The Kier molecular flexibility index (Phi) is 9.64. The molecule has 1 aromatic heterocycles. The first-order chi connectivity index (χ1) is 22.1. The van der Waals surface area contributed by atoms with E-state index in [1.807, 2.05) is 0 Å². The average molecular weight is 647 g/mol. The van der Waals surface area contributed by atoms with E-state index in [0.29, 0.717) is 29.9 Å². The van der Waals surface area contributed by atoms with E-state index in [0.717, 1.165) is 0 Å². The minimum Gasteiger partial charge on any atom is -0.478 e. The van der Waals surface area contributed by atoms with Gasteiger partial charge in [0.25, 0.3) is 0 Å². The summed E-state index contributed by atoms with van der Waals surface area (Å²) in [6, 6.07) is 15.4. The molecule has 5 N–H and O–H groups in total. The number of piperidine rings is 1. The molecule has 4 aromatic rings. The summed E-state index contributed by atoms with van der Waals surface area (Å²) in [6.45, 7) is 0.359. The second-order valence-corrected chi connectivity index (χ2v) is 10.8. The highest BCUT2D eigenvalue weighted by molar-refractivity contribution is 6.40. The maximum Gasteiger partial charge on any atom is 0.335 e. The maximum atomic E-state index is 13.4. The predicted octanol–water partition coefficient (Wildman–Crippen LogP) is 1.81. The van der Waals surface area contributed by atoms with Crippen molar-refractivity contribution in [2.45, 2.75) is 31.4 Å². The summed E-state index contributed by atoms with van der Waals surface area (Å²) in [7, 11) is 0. The van der Waals surface area contributed by atoms with E-state index in [2.05, 4.69) is 31.5 Å². The van der Waals surface area contributed by atoms with Gasteiger partial charge in [-0.15, -0.1) is 5.10 Å². The topological polar surface area (TPSA) is 209 Å². The number of benzene rings is 3. The Morgan fingerprint density at radius 1 is 0.978 bits per heavy atom. The highest BCUT2D eigenvalue weighted by Crippen LogP contribution is 2.24. The lowest BCUT2D eigenvalue weighted by Crippen LogP contribution is -2.49. The molecule has 46 heavy (non-hydrogen) atoms. The molecule has 0 radical (unpaired) electrons. The first-order valence-corrected chi connectivity index (χ1v) is 14.3. The number of amides is 4. The number of carboxylic acids is 1. The van der Waals surface area contributed by atoms with Gasteiger partial charge in [-0.1, -0.05) is 23.7 Å². The zero-order valence-electron chi connectivity index (χ0n) is 24.0. The SMILES string of the molecule is O=C(Nc1cc(Cl)ccc1-n1cnnn1)C(=O)N[C@@H](Cc1ccc(N2CCC(O)CC2=O)cc1)C(=O)Nc1ccc(C(=O)O)cc1. The van der Waals surface area contributed by atoms with E-state index in [9.17, 15) is 29.1 Å². The molecule has 15 nitrogen and oxygen atoms in total. The second kappa shape index (κ2) is 14.0. The maximum absolute atomic E-state index is 13.4. The molecule has 3 aromatic carbocycles. The number of anilines is 3. The normalized spacial score (nSPS) is 15.1. The van der Waals surface area contributed by atoms with Gasteiger partial charge in [0.05, 0.1) is 29.5 Å². The number of tetrazole rings is 1. The van der Waals surface area contributed by atoms with Gasteiger partial charge in [-0.05, 0) is 77.0 Å². The number of carbonyl (C=O) groups is 5. The molecule has 1 unspecified atom stereocenters. The van der Waals surface area contributed by atoms with Gasteiger partial charge in [0, 0.05) is 29.4 Å². The van der Waals surface area contributed by atoms with Crippen LogP contribution in [0, 0.1) is 0 Å². The molecular formula is C30H27ClN8O7. The quantitative estimate of drug-likeness (QED) is 0.167. The third-order valence-electron chi connectivity index (χ3n) is 7.12. The van der Waals surface area contributed by atoms with Crippen molar-refractivity contribution in [1.82, 2.24) is 25.5 Å². The molecule has 1 saturated heterocycles. The molecule has 0 aliphatic carbocycles. The highest BCUT2D eigenvalue weighted by Gasteiger charge is 2.27. The number of aromatic nitrogens is 4. The number of carboxylic acid groups (broad SMARTS) is 1. The molecule has 236 valence electrons. The van der Waals surface area contributed by atoms with E-state index >= 15 is 0 Å². The lowest BCUT2D eigenvalue weighted by atomic mass is 10.0. The Morgan fingerprint density at radius 3 is 2.37 bits per heavy atom. The van der Waals surface area contributed by atoms with Gasteiger partial charge in [-0.25, -0.2) is 4.79 Å². The summed E-state index contributed by atoms with van der Waals surface area (Å²) in [5.74, 6) is -4.24. The van der Waals surface area contributed by atoms with Crippen molar-refractivity contribution in [3.05, 3.63) is 89.2 Å². The van der Waals surface area contributed by atoms with Gasteiger partial charge in [-0.3, -0.25) is 19.2 Å². The van der Waals surface area contributed by atoms with Gasteiger partial charge >= 0.3 is 17.8 Å². The van der Waals surface area contributed by atoms with Crippen molar-refractivity contribution in [1.29, 1.82) is 0 Å². The molecule has 1 fully saturated rings. The molecule has 0 spiro atoms. The van der Waals surface area contributed by atoms with Crippen LogP contribution in [0.5, 0.6) is 0 Å². The average Bonchev–Trinajstić information content (AvgIpc) is 3.56. The van der Waals surface area contributed by atoms with E-state index in [1.54, 1.807) is 41.3 Å². The minimum absolute atomic E-state index is 0.0170. The Hall–Kier alpha value is -5.67. The van der Waals surface area contributed by atoms with Crippen LogP contribution < -0.4 is 20.9 Å². The minimum atomic E-state index is -1.26. The van der Waals surface area contributed by atoms with E-state index in [4.69, 9.17) is 16.7 Å². The molecule has 1 aliphatic rings. The van der Waals surface area contributed by atoms with Crippen molar-refractivity contribution in [2.24, 2.45) is 0 Å². The van der Waals surface area contributed by atoms with Crippen molar-refractivity contribution in [3.8, 4) is 5.69 Å². The fourth-order valence-electron chi connectivity index (χ4n) is 4.75. The van der Waals surface area contributed by atoms with Crippen LogP contribution in [-0.2, 0) is 25.6 Å². The van der Waals surface area contributed by atoms with Gasteiger partial charge < -0.3 is 31.1 Å². The lowest BCUT2D eigenvalue weighted by molar-refractivity contribution is -0.137. The summed E-state index contributed by atoms with van der Waals surface area (Å²) in [4.78, 5) is 64.7. The van der Waals surface area contributed by atoms with E-state index < -0.39 is 35.8 Å². The number of hydrogen-bond acceptors (Lipinski definition) is 9. The monoisotopic (exact) mass is 646 g/mol. The van der Waals surface area contributed by atoms with E-state index in [-0.39, 0.29) is 40.7 Å². The smallest absolute Gasteiger partial charge is 0.335 e. The number of hydrogen-bond donors (Lipinski definition) is 5. The van der Waals surface area contributed by atoms with Crippen LogP contribution >= 0.6 is 11.6 Å². The molecule has 0 saturated carbocycles. The molecule has 0 bridgehead atoms. The summed E-state index contributed by atoms with van der Waals surface area (Å²) in [6.07, 6.45) is 1.05. The van der Waals surface area contributed by atoms with Crippen molar-refractivity contribution in [3.63, 3.8) is 0 Å². The molecule has 1 aliphatic heterocycles. The lowest BCUT2D eigenvalue weighted by Gasteiger charge is -2.29. The number of nitrogens with one attached hydrogen (secondary N) is 3. The van der Waals surface area contributed by atoms with Crippen LogP contribution in [0.25, 0.3) is 5.69 Å². The predicted molar refractivity (Wildman–Crippen MR) is 164 cm³/mol. The fourth-order valence-corrected chi connectivity index (χ4v) is 4.93. The first kappa shape index (κ1) is 31.7. The van der Waals surface area contributed by atoms with Crippen LogP contribution in [0.15, 0.2) is 73.1 Å². The first-order valence-electron chi connectivity index (χ1n) is 13.9. The fraction of sp³-hybridized carbons (Fsp3) is 0.200. The highest BCUT2D eigenvalue weighted by atomic mass is 35.5. The van der Waals surface area contributed by atoms with Crippen molar-refractivity contribution in [2.75, 3.05) is 22.1 Å². The van der Waals surface area contributed by atoms with Crippen LogP contribution in [0.4, 0.5) is 17.1 Å². The number of halogens is 1. The zero-order valence-corrected chi connectivity index (χ0v) is 24.7. The Balaban J connectivity index is 1.33. The molecule has 16 heteroatoms. The molecule has 2 atom stereocenters. The Labute approximate surface area is 266 Å². The summed E-state index contributed by atoms with van der Waals surface area (Å²) in [5, 5.41) is 37.7. The van der Waals surface area contributed by atoms with Crippen LogP contribution in [0.1, 0.15) is 28.8 Å². The van der Waals surface area contributed by atoms with Crippen molar-refractivity contribution >= 4 is 58.3 Å². The largest absolute Gasteiger partial charge is 0.478 e. The second-order valence-electron chi connectivity index (χ2n) is 10.3. The number of aliphatic hydroxyl groups is 1. The van der Waals surface area contributed by atoms with Gasteiger partial charge in [0.2, 0.25) is 11.8 Å². The number of carbonyl (C=O) groups excluding carboxylic acids is 4. The molecule has 4 amide bonds. The third-order valence-corrected chi connectivity index (χ3v) is 7.35. The Morgan fingerprint density at radius 2 is 1.72 bits per heavy atom. The Bertz CT molecular complexity index is 1770. The number of nitrogens with zero attached hydrogens (tertiary/aromatic N) is 5. The van der Waals surface area contributed by atoms with Crippen LogP contribution in [0.3, 0.4) is 0 Å². The zero-order chi connectivity index (χ0) is 32.8. The summed E-state index contributed by atoms with van der Waals surface area (Å²) in [5.41, 5.74) is 1.97. The molecular weight excluding hydrogens is 620 g/mol. The van der Waals surface area contributed by atoms with Crippen LogP contribution in [0.2, 0.25) is 5.02 Å². The van der Waals surface area contributed by atoms with Gasteiger partial charge in [0.1, 0.15) is 12.4 Å². The van der Waals surface area contributed by atoms with Gasteiger partial charge in [0.15, 0.2) is 0 Å². The van der Waals surface area contributed by atoms with Crippen molar-refractivity contribution < 1.29 is 34.2 Å². The third kappa shape index (κ3) is 7.69. The number of aromatic carboxylic acids is 1. The summed E-state index contributed by atoms with van der Waals surface area (Å²) >= 11 is 6.11. The number of rotatable bonds is 9. The standard InChI is InChI=1S/C30H27ClN8O7/c31-19-5-10-25(39-16-32-36-37-39)23(14-19)34-28(43)29(44)35-24(27(42)33-20-6-3-18(4-7-20)30(45)46)13-17-1-8-21(9-2-17)38-12-11-22(40)15-26(38)41/h1-10,14,16,22,24,40H,11-13,15H2,(H,33,42)(H,34,43)(H,35,44)(H,45,46)/t22?,24-/m0/s1. The van der Waals surface area contributed by atoms with E-state index in [1.165, 1.54) is 41.3 Å². The number of aliphatic hydroxyl groups excluding tert-OH is 1. The summed E-state index contributed by atoms with van der Waals surface area (Å²) < 4.78 is 1.26. The van der Waals surface area contributed by atoms with Gasteiger partial charge in [-0.2, -0.15) is 4.68 Å².